The Labute approximate surface area is 531 Å². The van der Waals surface area contributed by atoms with E-state index in [0.717, 1.165) is 123 Å². The molecule has 0 amide bonds. The first kappa shape index (κ1) is 52.8. The van der Waals surface area contributed by atoms with Gasteiger partial charge in [-0.3, -0.25) is 4.57 Å². The third-order valence-corrected chi connectivity index (χ3v) is 18.5. The summed E-state index contributed by atoms with van der Waals surface area (Å²) >= 11 is 0. The van der Waals surface area contributed by atoms with Gasteiger partial charge in [0, 0.05) is 44.4 Å². The van der Waals surface area contributed by atoms with Gasteiger partial charge in [-0.25, -0.2) is 15.0 Å². The number of hydrogen-bond donors (Lipinski definition) is 0. The molecule has 0 fully saturated rings. The molecular formula is C87H55N5. The Morgan fingerprint density at radius 2 is 0.707 bits per heavy atom. The Bertz CT molecular complexity index is 5890. The molecule has 0 atom stereocenters. The van der Waals surface area contributed by atoms with Gasteiger partial charge in [0.2, 0.25) is 0 Å². The summed E-state index contributed by atoms with van der Waals surface area (Å²) in [5.74, 6) is 1.55. The molecule has 15 aromatic carbocycles. The van der Waals surface area contributed by atoms with Crippen molar-refractivity contribution in [1.29, 1.82) is 0 Å². The van der Waals surface area contributed by atoms with Gasteiger partial charge in [-0.15, -0.1) is 0 Å². The first-order valence-corrected chi connectivity index (χ1v) is 31.4. The summed E-state index contributed by atoms with van der Waals surface area (Å²) in [5.41, 5.74) is 21.1. The number of benzene rings is 15. The van der Waals surface area contributed by atoms with E-state index in [1.54, 1.807) is 0 Å². The Morgan fingerprint density at radius 1 is 0.228 bits per heavy atom. The summed E-state index contributed by atoms with van der Waals surface area (Å²) in [6, 6.07) is 120. The summed E-state index contributed by atoms with van der Waals surface area (Å²) in [6.07, 6.45) is 0. The molecular weight excluding hydrogens is 1110 g/mol. The van der Waals surface area contributed by atoms with Crippen molar-refractivity contribution in [3.05, 3.63) is 334 Å². The van der Waals surface area contributed by atoms with Gasteiger partial charge in [0.05, 0.1) is 33.5 Å². The van der Waals surface area contributed by atoms with E-state index in [4.69, 9.17) is 15.0 Å². The number of rotatable bonds is 10. The number of imidazole rings is 1. The molecule has 0 aliphatic carbocycles. The predicted octanol–water partition coefficient (Wildman–Crippen LogP) is 22.9. The summed E-state index contributed by atoms with van der Waals surface area (Å²) in [7, 11) is 0. The van der Waals surface area contributed by atoms with Crippen LogP contribution in [-0.2, 0) is 0 Å². The number of aromatic nitrogens is 5. The minimum absolute atomic E-state index is 0.648. The zero-order valence-electron chi connectivity index (χ0n) is 50.0. The highest BCUT2D eigenvalue weighted by Crippen LogP contribution is 2.46. The van der Waals surface area contributed by atoms with E-state index in [2.05, 4.69) is 343 Å². The van der Waals surface area contributed by atoms with Crippen LogP contribution in [0.3, 0.4) is 0 Å². The van der Waals surface area contributed by atoms with E-state index < -0.39 is 0 Å². The van der Waals surface area contributed by atoms with Crippen LogP contribution in [0.5, 0.6) is 0 Å². The van der Waals surface area contributed by atoms with Gasteiger partial charge in [0.1, 0.15) is 5.82 Å². The maximum atomic E-state index is 5.78. The Hall–Kier alpha value is -12.3. The normalized spacial score (nSPS) is 11.7. The third-order valence-electron chi connectivity index (χ3n) is 18.5. The van der Waals surface area contributed by atoms with E-state index in [-0.39, 0.29) is 0 Å². The number of fused-ring (bicyclic) bond motifs is 9. The molecule has 0 unspecified atom stereocenters. The van der Waals surface area contributed by atoms with Crippen molar-refractivity contribution in [2.24, 2.45) is 0 Å². The van der Waals surface area contributed by atoms with Crippen LogP contribution in [-0.4, -0.2) is 24.1 Å². The van der Waals surface area contributed by atoms with Gasteiger partial charge in [-0.05, 0) is 166 Å². The van der Waals surface area contributed by atoms with Gasteiger partial charge in [-0.1, -0.05) is 255 Å². The Morgan fingerprint density at radius 3 is 1.34 bits per heavy atom. The Balaban J connectivity index is 0.834. The summed E-state index contributed by atoms with van der Waals surface area (Å²) < 4.78 is 4.63. The molecule has 92 heavy (non-hydrogen) atoms. The van der Waals surface area contributed by atoms with Crippen LogP contribution in [0.1, 0.15) is 0 Å². The summed E-state index contributed by atoms with van der Waals surface area (Å²) in [6.45, 7) is 0. The lowest BCUT2D eigenvalue weighted by Gasteiger charge is -2.18. The first-order valence-electron chi connectivity index (χ1n) is 31.4. The SMILES string of the molecule is c1ccc(-c2cc3cc(-c4ccc(-c5nc(-c6ccc(-c7ccc8c(c7)nc(-c7ccccc7)n8-c7ccccc7)cc6)c6cc(-c7cc8ccccc8c8ccccc78)cc(-c7cc8ccccc8c8ccccc78)c6n5)cc4)ccc3n2-c2ccccc2)cc1. The molecule has 0 aliphatic rings. The molecule has 5 heteroatoms. The minimum Gasteiger partial charge on any atom is -0.309 e. The second-order valence-corrected chi connectivity index (χ2v) is 23.9. The van der Waals surface area contributed by atoms with E-state index in [0.29, 0.717) is 5.82 Å². The second-order valence-electron chi connectivity index (χ2n) is 23.9. The van der Waals surface area contributed by atoms with Crippen molar-refractivity contribution in [3.63, 3.8) is 0 Å². The largest absolute Gasteiger partial charge is 0.309 e. The van der Waals surface area contributed by atoms with Crippen LogP contribution in [0.15, 0.2) is 334 Å². The number of para-hydroxylation sites is 2. The number of hydrogen-bond acceptors (Lipinski definition) is 3. The van der Waals surface area contributed by atoms with Crippen molar-refractivity contribution < 1.29 is 0 Å². The molecule has 18 rings (SSSR count). The lowest BCUT2D eigenvalue weighted by Crippen LogP contribution is -1.99. The second kappa shape index (κ2) is 21.8. The molecule has 3 aromatic heterocycles. The molecule has 0 spiro atoms. The van der Waals surface area contributed by atoms with Gasteiger partial charge in [-0.2, -0.15) is 0 Å². The van der Waals surface area contributed by atoms with Crippen molar-refractivity contribution in [2.45, 2.75) is 0 Å². The monoisotopic (exact) mass is 1170 g/mol. The maximum Gasteiger partial charge on any atom is 0.160 e. The van der Waals surface area contributed by atoms with E-state index >= 15 is 0 Å². The fourth-order valence-electron chi connectivity index (χ4n) is 14.1. The van der Waals surface area contributed by atoms with Crippen molar-refractivity contribution in [3.8, 4) is 101 Å². The molecule has 0 bridgehead atoms. The van der Waals surface area contributed by atoms with E-state index in [1.807, 2.05) is 0 Å². The van der Waals surface area contributed by atoms with Crippen LogP contribution >= 0.6 is 0 Å². The summed E-state index contributed by atoms with van der Waals surface area (Å²) in [4.78, 5) is 16.8. The van der Waals surface area contributed by atoms with Gasteiger partial charge in [0.25, 0.3) is 0 Å². The van der Waals surface area contributed by atoms with Crippen molar-refractivity contribution in [1.82, 2.24) is 24.1 Å². The fraction of sp³-hybridized carbons (Fsp3) is 0. The predicted molar refractivity (Wildman–Crippen MR) is 385 cm³/mol. The fourth-order valence-corrected chi connectivity index (χ4v) is 14.1. The average Bonchev–Trinajstić information content (AvgIpc) is 1.04. The summed E-state index contributed by atoms with van der Waals surface area (Å²) in [5, 5.41) is 11.7. The van der Waals surface area contributed by atoms with Crippen LogP contribution in [0, 0.1) is 0 Å². The van der Waals surface area contributed by atoms with Gasteiger partial charge < -0.3 is 4.57 Å². The van der Waals surface area contributed by atoms with E-state index in [1.165, 1.54) is 48.7 Å². The smallest absolute Gasteiger partial charge is 0.160 e. The molecule has 0 saturated carbocycles. The van der Waals surface area contributed by atoms with Crippen LogP contribution < -0.4 is 0 Å². The molecule has 0 saturated heterocycles. The van der Waals surface area contributed by atoms with E-state index in [9.17, 15) is 0 Å². The molecule has 0 radical (unpaired) electrons. The quantitative estimate of drug-likeness (QED) is 0.128. The van der Waals surface area contributed by atoms with Crippen LogP contribution in [0.25, 0.3) is 177 Å². The highest BCUT2D eigenvalue weighted by atomic mass is 15.1. The molecule has 0 N–H and O–H groups in total. The van der Waals surface area contributed by atoms with Crippen LogP contribution in [0.2, 0.25) is 0 Å². The topological polar surface area (TPSA) is 48.5 Å². The standard InChI is InChI=1S/C87H55N5/c1-5-21-58(22-6-1)83-55-67-49-62(45-47-81(67)91(83)68-27-9-3-10-28-68)56-39-43-60(44-40-56)86-89-84(59-41-37-57(38-42-59)63-46-48-82-80(54-63)88-87(61-23-7-2-8-24-61)92(82)69-29-11-4-12-30-69)79-53-66(76-50-64-25-13-15-31-70(64)72-33-17-19-35-74(72)76)52-78(85(79)90-86)77-51-65-26-14-16-32-71(65)73-34-18-20-36-75(73)77/h1-55H. The molecule has 0 aliphatic heterocycles. The maximum absolute atomic E-state index is 5.78. The minimum atomic E-state index is 0.648. The van der Waals surface area contributed by atoms with Gasteiger partial charge >= 0.3 is 0 Å². The zero-order valence-corrected chi connectivity index (χ0v) is 50.0. The molecule has 18 aromatic rings. The first-order chi connectivity index (χ1) is 45.6. The average molecular weight is 1170 g/mol. The van der Waals surface area contributed by atoms with Gasteiger partial charge in [0.15, 0.2) is 5.82 Å². The Kier molecular flexibility index (Phi) is 12.5. The zero-order chi connectivity index (χ0) is 60.6. The molecule has 3 heterocycles. The highest BCUT2D eigenvalue weighted by Gasteiger charge is 2.23. The third kappa shape index (κ3) is 8.97. The van der Waals surface area contributed by atoms with Crippen molar-refractivity contribution in [2.75, 3.05) is 0 Å². The molecule has 428 valence electrons. The molecule has 5 nitrogen and oxygen atoms in total. The number of nitrogens with zero attached hydrogens (tertiary/aromatic N) is 5. The highest BCUT2D eigenvalue weighted by molar-refractivity contribution is 6.19. The lowest BCUT2D eigenvalue weighted by molar-refractivity contribution is 1.10. The lowest BCUT2D eigenvalue weighted by atomic mass is 9.87. The van der Waals surface area contributed by atoms with Crippen LogP contribution in [0.4, 0.5) is 0 Å². The van der Waals surface area contributed by atoms with Crippen molar-refractivity contribution >= 4 is 75.9 Å².